The van der Waals surface area contributed by atoms with Crippen molar-refractivity contribution in [2.75, 3.05) is 17.2 Å². The van der Waals surface area contributed by atoms with E-state index >= 15 is 0 Å². The van der Waals surface area contributed by atoms with Crippen LogP contribution >= 0.6 is 0 Å². The van der Waals surface area contributed by atoms with Crippen LogP contribution < -0.4 is 15.4 Å². The molecule has 0 spiro atoms. The standard InChI is InChI=1S/C21H22N4O4/c1-13(2)20-24-21(29-25-20)15-5-4-6-18(11-15)28-12-19(27)23-17-9-7-16(8-10-17)22-14(3)26/h4-11,13H,12H2,1-3H3,(H,22,26)(H,23,27). The van der Waals surface area contributed by atoms with Crippen molar-refractivity contribution < 1.29 is 18.8 Å². The molecule has 0 saturated heterocycles. The molecule has 2 N–H and O–H groups in total. The predicted molar refractivity (Wildman–Crippen MR) is 109 cm³/mol. The van der Waals surface area contributed by atoms with Gasteiger partial charge in [-0.2, -0.15) is 4.98 Å². The molecule has 0 unspecified atom stereocenters. The van der Waals surface area contributed by atoms with Gasteiger partial charge >= 0.3 is 0 Å². The Labute approximate surface area is 168 Å². The van der Waals surface area contributed by atoms with Crippen molar-refractivity contribution in [3.63, 3.8) is 0 Å². The van der Waals surface area contributed by atoms with Crippen molar-refractivity contribution in [1.29, 1.82) is 0 Å². The molecule has 0 saturated carbocycles. The van der Waals surface area contributed by atoms with Crippen molar-refractivity contribution in [2.24, 2.45) is 0 Å². The van der Waals surface area contributed by atoms with Crippen LogP contribution in [0.2, 0.25) is 0 Å². The fraction of sp³-hybridized carbons (Fsp3) is 0.238. The second-order valence-electron chi connectivity index (χ2n) is 6.74. The van der Waals surface area contributed by atoms with Crippen LogP contribution in [-0.2, 0) is 9.59 Å². The lowest BCUT2D eigenvalue weighted by Gasteiger charge is -2.09. The minimum atomic E-state index is -0.303. The number of anilines is 2. The van der Waals surface area contributed by atoms with Gasteiger partial charge in [0.25, 0.3) is 11.8 Å². The molecule has 0 bridgehead atoms. The zero-order valence-corrected chi connectivity index (χ0v) is 16.4. The van der Waals surface area contributed by atoms with Crippen LogP contribution in [-0.4, -0.2) is 28.6 Å². The Morgan fingerprint density at radius 1 is 1.07 bits per heavy atom. The third kappa shape index (κ3) is 5.65. The number of aromatic nitrogens is 2. The molecule has 1 heterocycles. The van der Waals surface area contributed by atoms with Crippen LogP contribution in [0.3, 0.4) is 0 Å². The number of ether oxygens (including phenoxy) is 1. The van der Waals surface area contributed by atoms with E-state index in [0.717, 1.165) is 5.56 Å². The smallest absolute Gasteiger partial charge is 0.262 e. The van der Waals surface area contributed by atoms with E-state index in [1.807, 2.05) is 19.9 Å². The maximum Gasteiger partial charge on any atom is 0.262 e. The Balaban J connectivity index is 1.56. The van der Waals surface area contributed by atoms with Gasteiger partial charge in [0.1, 0.15) is 5.75 Å². The fourth-order valence-corrected chi connectivity index (χ4v) is 2.49. The average molecular weight is 394 g/mol. The number of nitrogens with zero attached hydrogens (tertiary/aromatic N) is 2. The zero-order chi connectivity index (χ0) is 20.8. The van der Waals surface area contributed by atoms with Gasteiger partial charge in [-0.25, -0.2) is 0 Å². The number of hydrogen-bond donors (Lipinski definition) is 2. The SMILES string of the molecule is CC(=O)Nc1ccc(NC(=O)COc2cccc(-c3nc(C(C)C)no3)c2)cc1. The molecule has 0 aliphatic rings. The first-order valence-corrected chi connectivity index (χ1v) is 9.15. The van der Waals surface area contributed by atoms with Gasteiger partial charge in [0.15, 0.2) is 12.4 Å². The zero-order valence-electron chi connectivity index (χ0n) is 16.4. The molecule has 0 radical (unpaired) electrons. The lowest BCUT2D eigenvalue weighted by Crippen LogP contribution is -2.20. The van der Waals surface area contributed by atoms with Gasteiger partial charge in [0, 0.05) is 29.8 Å². The van der Waals surface area contributed by atoms with Crippen molar-refractivity contribution in [1.82, 2.24) is 10.1 Å². The minimum Gasteiger partial charge on any atom is -0.484 e. The Kier molecular flexibility index (Phi) is 6.23. The third-order valence-electron chi connectivity index (χ3n) is 3.90. The predicted octanol–water partition coefficient (Wildman–Crippen LogP) is 3.84. The second kappa shape index (κ2) is 9.01. The molecule has 0 atom stereocenters. The largest absolute Gasteiger partial charge is 0.484 e. The van der Waals surface area contributed by atoms with Crippen LogP contribution in [0.15, 0.2) is 53.1 Å². The molecule has 150 valence electrons. The summed E-state index contributed by atoms with van der Waals surface area (Å²) in [6.07, 6.45) is 0. The summed E-state index contributed by atoms with van der Waals surface area (Å²) >= 11 is 0. The third-order valence-corrected chi connectivity index (χ3v) is 3.90. The summed E-state index contributed by atoms with van der Waals surface area (Å²) < 4.78 is 10.9. The first kappa shape index (κ1) is 20.1. The average Bonchev–Trinajstić information content (AvgIpc) is 3.18. The molecule has 3 aromatic rings. The molecule has 2 aromatic carbocycles. The van der Waals surface area contributed by atoms with E-state index in [9.17, 15) is 9.59 Å². The van der Waals surface area contributed by atoms with E-state index in [-0.39, 0.29) is 24.3 Å². The summed E-state index contributed by atoms with van der Waals surface area (Å²) in [4.78, 5) is 27.5. The molecule has 0 aliphatic heterocycles. The number of carbonyl (C=O) groups is 2. The summed E-state index contributed by atoms with van der Waals surface area (Å²) in [5.74, 6) is 1.27. The highest BCUT2D eigenvalue weighted by Crippen LogP contribution is 2.24. The molecule has 2 amide bonds. The molecule has 8 heteroatoms. The molecule has 1 aromatic heterocycles. The summed E-state index contributed by atoms with van der Waals surface area (Å²) in [5, 5.41) is 9.35. The number of benzene rings is 2. The van der Waals surface area contributed by atoms with E-state index in [0.29, 0.717) is 28.8 Å². The highest BCUT2D eigenvalue weighted by Gasteiger charge is 2.12. The van der Waals surface area contributed by atoms with Crippen LogP contribution in [0.5, 0.6) is 5.75 Å². The summed E-state index contributed by atoms with van der Waals surface area (Å²) in [6, 6.07) is 13.9. The highest BCUT2D eigenvalue weighted by molar-refractivity contribution is 5.93. The number of carbonyl (C=O) groups excluding carboxylic acids is 2. The molecular formula is C21H22N4O4. The maximum atomic E-state index is 12.1. The Hall–Kier alpha value is -3.68. The van der Waals surface area contributed by atoms with E-state index in [2.05, 4.69) is 20.8 Å². The van der Waals surface area contributed by atoms with Gasteiger partial charge in [0.2, 0.25) is 5.91 Å². The van der Waals surface area contributed by atoms with Gasteiger partial charge < -0.3 is 19.9 Å². The minimum absolute atomic E-state index is 0.154. The van der Waals surface area contributed by atoms with E-state index in [1.165, 1.54) is 6.92 Å². The van der Waals surface area contributed by atoms with E-state index < -0.39 is 0 Å². The molecule has 29 heavy (non-hydrogen) atoms. The Morgan fingerprint density at radius 3 is 2.38 bits per heavy atom. The molecule has 3 rings (SSSR count). The summed E-state index contributed by atoms with van der Waals surface area (Å²) in [7, 11) is 0. The summed E-state index contributed by atoms with van der Waals surface area (Å²) in [5.41, 5.74) is 1.98. The van der Waals surface area contributed by atoms with Gasteiger partial charge in [-0.05, 0) is 42.5 Å². The lowest BCUT2D eigenvalue weighted by atomic mass is 10.2. The van der Waals surface area contributed by atoms with Gasteiger partial charge in [-0.3, -0.25) is 9.59 Å². The second-order valence-corrected chi connectivity index (χ2v) is 6.74. The number of amides is 2. The Bertz CT molecular complexity index is 996. The van der Waals surface area contributed by atoms with Gasteiger partial charge in [-0.15, -0.1) is 0 Å². The van der Waals surface area contributed by atoms with Crippen LogP contribution in [0, 0.1) is 0 Å². The summed E-state index contributed by atoms with van der Waals surface area (Å²) in [6.45, 7) is 5.25. The number of nitrogens with one attached hydrogen (secondary N) is 2. The van der Waals surface area contributed by atoms with Crippen LogP contribution in [0.4, 0.5) is 11.4 Å². The van der Waals surface area contributed by atoms with Crippen molar-refractivity contribution in [3.8, 4) is 17.2 Å². The van der Waals surface area contributed by atoms with E-state index in [4.69, 9.17) is 9.26 Å². The van der Waals surface area contributed by atoms with Crippen LogP contribution in [0.25, 0.3) is 11.5 Å². The fourth-order valence-electron chi connectivity index (χ4n) is 2.49. The molecule has 8 nitrogen and oxygen atoms in total. The van der Waals surface area contributed by atoms with Crippen molar-refractivity contribution in [2.45, 2.75) is 26.7 Å². The molecule has 0 fully saturated rings. The lowest BCUT2D eigenvalue weighted by molar-refractivity contribution is -0.118. The topological polar surface area (TPSA) is 106 Å². The molecule has 0 aliphatic carbocycles. The first-order chi connectivity index (χ1) is 13.9. The van der Waals surface area contributed by atoms with Crippen molar-refractivity contribution >= 4 is 23.2 Å². The van der Waals surface area contributed by atoms with Crippen molar-refractivity contribution in [3.05, 3.63) is 54.4 Å². The number of hydrogen-bond acceptors (Lipinski definition) is 6. The van der Waals surface area contributed by atoms with Crippen LogP contribution in [0.1, 0.15) is 32.5 Å². The Morgan fingerprint density at radius 2 is 1.76 bits per heavy atom. The van der Waals surface area contributed by atoms with Gasteiger partial charge in [-0.1, -0.05) is 25.1 Å². The number of rotatable bonds is 7. The monoisotopic (exact) mass is 394 g/mol. The normalized spacial score (nSPS) is 10.6. The highest BCUT2D eigenvalue weighted by atomic mass is 16.5. The van der Waals surface area contributed by atoms with E-state index in [1.54, 1.807) is 42.5 Å². The first-order valence-electron chi connectivity index (χ1n) is 9.15. The molecular weight excluding hydrogens is 372 g/mol. The maximum absolute atomic E-state index is 12.1. The van der Waals surface area contributed by atoms with Gasteiger partial charge in [0.05, 0.1) is 0 Å². The quantitative estimate of drug-likeness (QED) is 0.631.